The average molecular weight is 632 g/mol. The fourth-order valence-corrected chi connectivity index (χ4v) is 6.65. The quantitative estimate of drug-likeness (QED) is 0.263. The number of hydrogen-bond acceptors (Lipinski definition) is 9. The molecule has 4 rings (SSSR count). The van der Waals surface area contributed by atoms with E-state index in [0.717, 1.165) is 16.7 Å². The molecule has 3 N–H and O–H groups in total. The number of aliphatic hydroxyl groups excluding tert-OH is 1. The fourth-order valence-electron chi connectivity index (χ4n) is 4.62. The molecule has 12 nitrogen and oxygen atoms in total. The Labute approximate surface area is 230 Å². The van der Waals surface area contributed by atoms with Crippen LogP contribution in [0, 0.1) is 5.82 Å². The summed E-state index contributed by atoms with van der Waals surface area (Å²) < 4.78 is 50.6. The Kier molecular flexibility index (Phi) is 9.25. The van der Waals surface area contributed by atoms with Gasteiger partial charge < -0.3 is 19.1 Å². The molecule has 1 saturated heterocycles. The van der Waals surface area contributed by atoms with Crippen LogP contribution in [0.1, 0.15) is 43.9 Å². The maximum atomic E-state index is 14.0. The lowest BCUT2D eigenvalue weighted by Gasteiger charge is -2.31. The van der Waals surface area contributed by atoms with E-state index in [0.29, 0.717) is 25.7 Å². The number of nitrogens with one attached hydrogen (secondary N) is 2. The first-order valence-electron chi connectivity index (χ1n) is 12.1. The Hall–Kier alpha value is -2.61. The van der Waals surface area contributed by atoms with Crippen molar-refractivity contribution in [2.45, 2.75) is 56.1 Å². The number of aromatic nitrogens is 2. The van der Waals surface area contributed by atoms with E-state index in [2.05, 4.69) is 26.0 Å². The van der Waals surface area contributed by atoms with Crippen LogP contribution in [-0.2, 0) is 23.4 Å². The molecule has 39 heavy (non-hydrogen) atoms. The SMILES string of the molecule is COC(=O)C1(NP(=O)(OC[C@H]2O[C@@H](n3cc(/C=C/Br)c(=O)[nH]c3=O)CC2O)Oc2ccc(F)cc2)CCCC1. The van der Waals surface area contributed by atoms with E-state index in [1.807, 2.05) is 0 Å². The Morgan fingerprint density at radius 1 is 1.33 bits per heavy atom. The smallest absolute Gasteiger partial charge is 0.459 e. The van der Waals surface area contributed by atoms with E-state index < -0.39 is 61.4 Å². The standard InChI is InChI=1S/C24H28BrFN3O9P/c1-35-22(32)24(9-2-3-10-24)28-39(34,38-17-6-4-16(26)5-7-17)36-14-19-18(30)12-20(37-19)29-13-15(8-11-25)21(31)27-23(29)33/h4-8,11,13,18-20,30H,2-3,9-10,12,14H2,1H3,(H,28,34)(H,27,31,33)/b11-8+/t18?,19-,20-,39?/m1/s1. The van der Waals surface area contributed by atoms with E-state index >= 15 is 0 Å². The number of ether oxygens (including phenoxy) is 2. The molecule has 2 heterocycles. The molecule has 1 aliphatic carbocycles. The van der Waals surface area contributed by atoms with Crippen molar-refractivity contribution in [1.29, 1.82) is 0 Å². The topological polar surface area (TPSA) is 158 Å². The number of esters is 1. The summed E-state index contributed by atoms with van der Waals surface area (Å²) in [5.74, 6) is -1.15. The van der Waals surface area contributed by atoms with E-state index in [1.165, 1.54) is 36.5 Å². The summed E-state index contributed by atoms with van der Waals surface area (Å²) in [6.07, 6.45) is 1.56. The molecule has 1 aromatic carbocycles. The lowest BCUT2D eigenvalue weighted by atomic mass is 10.00. The molecule has 2 fully saturated rings. The van der Waals surface area contributed by atoms with Gasteiger partial charge in [-0.25, -0.2) is 13.8 Å². The van der Waals surface area contributed by atoms with Crippen molar-refractivity contribution in [3.63, 3.8) is 0 Å². The first-order chi connectivity index (χ1) is 18.6. The van der Waals surface area contributed by atoms with Crippen LogP contribution in [0.5, 0.6) is 5.75 Å². The third kappa shape index (κ3) is 6.76. The molecule has 0 spiro atoms. The molecule has 1 saturated carbocycles. The van der Waals surface area contributed by atoms with Crippen molar-refractivity contribution in [2.24, 2.45) is 0 Å². The van der Waals surface area contributed by atoms with Crippen LogP contribution in [-0.4, -0.2) is 52.1 Å². The minimum atomic E-state index is -4.34. The van der Waals surface area contributed by atoms with Gasteiger partial charge in [0.15, 0.2) is 0 Å². The number of aliphatic hydroxyl groups is 1. The number of nitrogens with zero attached hydrogens (tertiary/aromatic N) is 1. The van der Waals surface area contributed by atoms with Crippen molar-refractivity contribution in [1.82, 2.24) is 14.6 Å². The normalized spacial score (nSPS) is 24.1. The minimum Gasteiger partial charge on any atom is -0.468 e. The maximum absolute atomic E-state index is 14.0. The average Bonchev–Trinajstić information content (AvgIpc) is 3.52. The van der Waals surface area contributed by atoms with Gasteiger partial charge in [0, 0.05) is 12.6 Å². The van der Waals surface area contributed by atoms with Crippen LogP contribution in [0.25, 0.3) is 6.08 Å². The molecule has 2 aromatic rings. The summed E-state index contributed by atoms with van der Waals surface area (Å²) in [7, 11) is -3.12. The van der Waals surface area contributed by atoms with E-state index in [4.69, 9.17) is 18.5 Å². The summed E-state index contributed by atoms with van der Waals surface area (Å²) in [4.78, 5) is 40.7. The summed E-state index contributed by atoms with van der Waals surface area (Å²) in [6, 6.07) is 4.73. The summed E-state index contributed by atoms with van der Waals surface area (Å²) in [5.41, 5.74) is -2.49. The zero-order valence-corrected chi connectivity index (χ0v) is 23.4. The Morgan fingerprint density at radius 3 is 2.67 bits per heavy atom. The van der Waals surface area contributed by atoms with Gasteiger partial charge in [0.05, 0.1) is 25.4 Å². The number of carbonyl (C=O) groups excluding carboxylic acids is 1. The summed E-state index contributed by atoms with van der Waals surface area (Å²) in [6.45, 7) is -0.452. The van der Waals surface area contributed by atoms with Crippen LogP contribution >= 0.6 is 23.7 Å². The highest BCUT2D eigenvalue weighted by Crippen LogP contribution is 2.50. The number of rotatable bonds is 10. The summed E-state index contributed by atoms with van der Waals surface area (Å²) >= 11 is 3.08. The minimum absolute atomic E-state index is 0.0168. The molecule has 0 amide bonds. The number of halogens is 2. The van der Waals surface area contributed by atoms with Crippen molar-refractivity contribution in [2.75, 3.05) is 13.7 Å². The molecule has 2 aliphatic rings. The van der Waals surface area contributed by atoms with Gasteiger partial charge in [-0.1, -0.05) is 28.8 Å². The molecule has 0 bridgehead atoms. The number of H-pyrrole nitrogens is 1. The van der Waals surface area contributed by atoms with Crippen molar-refractivity contribution in [3.05, 3.63) is 67.7 Å². The highest BCUT2D eigenvalue weighted by Gasteiger charge is 2.49. The number of benzene rings is 1. The van der Waals surface area contributed by atoms with Crippen LogP contribution in [0.2, 0.25) is 0 Å². The molecule has 1 aromatic heterocycles. The number of hydrogen-bond donors (Lipinski definition) is 3. The van der Waals surface area contributed by atoms with Crippen molar-refractivity contribution < 1.29 is 37.4 Å². The Morgan fingerprint density at radius 2 is 2.03 bits per heavy atom. The zero-order chi connectivity index (χ0) is 28.2. The van der Waals surface area contributed by atoms with E-state index in [1.54, 1.807) is 0 Å². The molecule has 0 radical (unpaired) electrons. The van der Waals surface area contributed by atoms with Gasteiger partial charge in [0.25, 0.3) is 5.56 Å². The second kappa shape index (κ2) is 12.3. The predicted octanol–water partition coefficient (Wildman–Crippen LogP) is 2.97. The highest BCUT2D eigenvalue weighted by molar-refractivity contribution is 9.11. The Balaban J connectivity index is 1.55. The van der Waals surface area contributed by atoms with Crippen LogP contribution < -0.4 is 20.9 Å². The molecular formula is C24H28BrFN3O9P. The number of aromatic amines is 1. The zero-order valence-electron chi connectivity index (χ0n) is 20.9. The molecular weight excluding hydrogens is 604 g/mol. The Bertz CT molecular complexity index is 1370. The van der Waals surface area contributed by atoms with E-state index in [9.17, 15) is 28.4 Å². The second-order valence-electron chi connectivity index (χ2n) is 9.21. The van der Waals surface area contributed by atoms with Crippen LogP contribution in [0.15, 0.2) is 45.0 Å². The van der Waals surface area contributed by atoms with Gasteiger partial charge in [-0.3, -0.25) is 23.7 Å². The van der Waals surface area contributed by atoms with Crippen LogP contribution in [0.4, 0.5) is 4.39 Å². The fraction of sp³-hybridized carbons (Fsp3) is 0.458. The monoisotopic (exact) mass is 631 g/mol. The second-order valence-corrected chi connectivity index (χ2v) is 11.4. The highest BCUT2D eigenvalue weighted by atomic mass is 79.9. The molecule has 15 heteroatoms. The van der Waals surface area contributed by atoms with Gasteiger partial charge in [0.1, 0.15) is 29.4 Å². The van der Waals surface area contributed by atoms with Gasteiger partial charge >= 0.3 is 19.4 Å². The van der Waals surface area contributed by atoms with Crippen molar-refractivity contribution in [3.8, 4) is 5.75 Å². The number of carbonyl (C=O) groups is 1. The van der Waals surface area contributed by atoms with Gasteiger partial charge in [-0.15, -0.1) is 0 Å². The lowest BCUT2D eigenvalue weighted by molar-refractivity contribution is -0.147. The largest absolute Gasteiger partial charge is 0.468 e. The van der Waals surface area contributed by atoms with Gasteiger partial charge in [0.2, 0.25) is 0 Å². The van der Waals surface area contributed by atoms with Gasteiger partial charge in [-0.05, 0) is 48.2 Å². The summed E-state index contributed by atoms with van der Waals surface area (Å²) in [5, 5.41) is 13.4. The third-order valence-electron chi connectivity index (χ3n) is 6.58. The predicted molar refractivity (Wildman–Crippen MR) is 141 cm³/mol. The molecule has 1 aliphatic heterocycles. The van der Waals surface area contributed by atoms with Gasteiger partial charge in [-0.2, -0.15) is 5.09 Å². The number of methoxy groups -OCH3 is 1. The first-order valence-corrected chi connectivity index (χ1v) is 14.6. The maximum Gasteiger partial charge on any atom is 0.459 e. The van der Waals surface area contributed by atoms with Crippen molar-refractivity contribution >= 4 is 35.7 Å². The lowest BCUT2D eigenvalue weighted by Crippen LogP contribution is -2.50. The third-order valence-corrected chi connectivity index (χ3v) is 8.49. The molecule has 4 atom stereocenters. The van der Waals surface area contributed by atoms with E-state index in [-0.39, 0.29) is 17.7 Å². The van der Waals surface area contributed by atoms with Crippen LogP contribution in [0.3, 0.4) is 0 Å². The molecule has 2 unspecified atom stereocenters. The molecule has 212 valence electrons. The first kappa shape index (κ1) is 29.4.